The van der Waals surface area contributed by atoms with E-state index in [0.717, 1.165) is 6.54 Å². The van der Waals surface area contributed by atoms with E-state index in [1.807, 2.05) is 32.1 Å². The molecule has 0 rings (SSSR count). The quantitative estimate of drug-likeness (QED) is 0.453. The van der Waals surface area contributed by atoms with E-state index >= 15 is 0 Å². The summed E-state index contributed by atoms with van der Waals surface area (Å²) in [6, 6.07) is 0. The summed E-state index contributed by atoms with van der Waals surface area (Å²) in [5, 5.41) is 11.2. The molecule has 0 radical (unpaired) electrons. The highest BCUT2D eigenvalue weighted by Gasteiger charge is 1.83. The SMILES string of the molecule is C/C=C\C=C(\C)CNCO. The van der Waals surface area contributed by atoms with Gasteiger partial charge in [-0.2, -0.15) is 0 Å². The summed E-state index contributed by atoms with van der Waals surface area (Å²) in [6.07, 6.45) is 5.97. The van der Waals surface area contributed by atoms with E-state index in [-0.39, 0.29) is 6.73 Å². The second-order valence-corrected chi connectivity index (χ2v) is 2.12. The second kappa shape index (κ2) is 6.52. The van der Waals surface area contributed by atoms with E-state index in [1.165, 1.54) is 5.57 Å². The predicted octanol–water partition coefficient (Wildman–Crippen LogP) is 1.05. The first-order chi connectivity index (χ1) is 4.81. The Bertz CT molecular complexity index is 127. The van der Waals surface area contributed by atoms with Crippen LogP contribution in [-0.2, 0) is 0 Å². The Balaban J connectivity index is 3.49. The van der Waals surface area contributed by atoms with E-state index in [9.17, 15) is 0 Å². The summed E-state index contributed by atoms with van der Waals surface area (Å²) >= 11 is 0. The van der Waals surface area contributed by atoms with Gasteiger partial charge in [0.1, 0.15) is 0 Å². The molecule has 0 saturated heterocycles. The summed E-state index contributed by atoms with van der Waals surface area (Å²) < 4.78 is 0. The zero-order chi connectivity index (χ0) is 7.82. The van der Waals surface area contributed by atoms with Gasteiger partial charge in [0.15, 0.2) is 0 Å². The first-order valence-corrected chi connectivity index (χ1v) is 3.41. The molecule has 0 fully saturated rings. The van der Waals surface area contributed by atoms with E-state index in [2.05, 4.69) is 5.32 Å². The van der Waals surface area contributed by atoms with Crippen LogP contribution >= 0.6 is 0 Å². The summed E-state index contributed by atoms with van der Waals surface area (Å²) in [7, 11) is 0. The maximum Gasteiger partial charge on any atom is 0.0934 e. The van der Waals surface area contributed by atoms with Gasteiger partial charge >= 0.3 is 0 Å². The number of aliphatic hydroxyl groups is 1. The second-order valence-electron chi connectivity index (χ2n) is 2.12. The number of rotatable bonds is 4. The summed E-state index contributed by atoms with van der Waals surface area (Å²) in [6.45, 7) is 4.79. The molecule has 0 unspecified atom stereocenters. The standard InChI is InChI=1S/C8H15NO/c1-3-4-5-8(2)6-9-7-10/h3-5,9-10H,6-7H2,1-2H3/b4-3-,8-5-. The van der Waals surface area contributed by atoms with Gasteiger partial charge in [0, 0.05) is 6.54 Å². The molecule has 0 amide bonds. The van der Waals surface area contributed by atoms with Crippen LogP contribution in [0.25, 0.3) is 0 Å². The van der Waals surface area contributed by atoms with Crippen molar-refractivity contribution in [2.75, 3.05) is 13.3 Å². The van der Waals surface area contributed by atoms with Crippen molar-refractivity contribution < 1.29 is 5.11 Å². The van der Waals surface area contributed by atoms with Crippen LogP contribution in [-0.4, -0.2) is 18.4 Å². The zero-order valence-corrected chi connectivity index (χ0v) is 6.59. The molecule has 0 saturated carbocycles. The van der Waals surface area contributed by atoms with Crippen LogP contribution in [0, 0.1) is 0 Å². The van der Waals surface area contributed by atoms with Crippen molar-refractivity contribution in [1.82, 2.24) is 5.32 Å². The van der Waals surface area contributed by atoms with Crippen molar-refractivity contribution in [3.8, 4) is 0 Å². The molecule has 58 valence electrons. The molecular weight excluding hydrogens is 126 g/mol. The first-order valence-electron chi connectivity index (χ1n) is 3.41. The fourth-order valence-corrected chi connectivity index (χ4v) is 0.572. The number of aliphatic hydroxyl groups excluding tert-OH is 1. The van der Waals surface area contributed by atoms with Gasteiger partial charge in [0.05, 0.1) is 6.73 Å². The summed E-state index contributed by atoms with van der Waals surface area (Å²) in [5.41, 5.74) is 1.21. The Labute approximate surface area is 62.3 Å². The number of hydrogen-bond acceptors (Lipinski definition) is 2. The van der Waals surface area contributed by atoms with Crippen LogP contribution in [0.15, 0.2) is 23.8 Å². The Morgan fingerprint density at radius 2 is 2.30 bits per heavy atom. The number of nitrogens with one attached hydrogen (secondary N) is 1. The lowest BCUT2D eigenvalue weighted by molar-refractivity contribution is 0.266. The average molecular weight is 141 g/mol. The van der Waals surface area contributed by atoms with Crippen LogP contribution in [0.5, 0.6) is 0 Å². The van der Waals surface area contributed by atoms with Gasteiger partial charge in [-0.1, -0.05) is 23.8 Å². The molecule has 0 aliphatic heterocycles. The Morgan fingerprint density at radius 1 is 1.60 bits per heavy atom. The molecule has 2 heteroatoms. The molecule has 2 N–H and O–H groups in total. The monoisotopic (exact) mass is 141 g/mol. The lowest BCUT2D eigenvalue weighted by Crippen LogP contribution is -2.16. The minimum absolute atomic E-state index is 0.0427. The topological polar surface area (TPSA) is 32.3 Å². The molecule has 0 aromatic heterocycles. The van der Waals surface area contributed by atoms with Gasteiger partial charge in [-0.15, -0.1) is 0 Å². The van der Waals surface area contributed by atoms with Gasteiger partial charge in [-0.05, 0) is 13.8 Å². The van der Waals surface area contributed by atoms with Crippen LogP contribution in [0.4, 0.5) is 0 Å². The molecule has 0 spiro atoms. The molecule has 0 bridgehead atoms. The highest BCUT2D eigenvalue weighted by atomic mass is 16.3. The third-order valence-electron chi connectivity index (χ3n) is 1.09. The lowest BCUT2D eigenvalue weighted by atomic mass is 10.3. The molecule has 0 aliphatic rings. The fraction of sp³-hybridized carbons (Fsp3) is 0.500. The maximum atomic E-state index is 8.38. The third-order valence-corrected chi connectivity index (χ3v) is 1.09. The largest absolute Gasteiger partial charge is 0.381 e. The van der Waals surface area contributed by atoms with Crippen molar-refractivity contribution in [2.24, 2.45) is 0 Å². The molecular formula is C8H15NO. The lowest BCUT2D eigenvalue weighted by Gasteiger charge is -1.98. The minimum atomic E-state index is 0.0427. The van der Waals surface area contributed by atoms with Crippen molar-refractivity contribution in [2.45, 2.75) is 13.8 Å². The molecule has 10 heavy (non-hydrogen) atoms. The highest BCUT2D eigenvalue weighted by Crippen LogP contribution is 1.89. The van der Waals surface area contributed by atoms with Gasteiger partial charge in [-0.25, -0.2) is 0 Å². The van der Waals surface area contributed by atoms with Crippen LogP contribution in [0.2, 0.25) is 0 Å². The smallest absolute Gasteiger partial charge is 0.0934 e. The highest BCUT2D eigenvalue weighted by molar-refractivity contribution is 5.10. The summed E-state index contributed by atoms with van der Waals surface area (Å²) in [4.78, 5) is 0. The molecule has 0 heterocycles. The van der Waals surface area contributed by atoms with E-state index < -0.39 is 0 Å². The van der Waals surface area contributed by atoms with E-state index in [1.54, 1.807) is 0 Å². The molecule has 0 atom stereocenters. The number of allylic oxidation sites excluding steroid dienone is 3. The van der Waals surface area contributed by atoms with Crippen LogP contribution < -0.4 is 5.32 Å². The molecule has 0 aliphatic carbocycles. The zero-order valence-electron chi connectivity index (χ0n) is 6.59. The van der Waals surface area contributed by atoms with Gasteiger partial charge in [-0.3, -0.25) is 5.32 Å². The summed E-state index contributed by atoms with van der Waals surface area (Å²) in [5.74, 6) is 0. The van der Waals surface area contributed by atoms with Crippen molar-refractivity contribution in [3.05, 3.63) is 23.8 Å². The Morgan fingerprint density at radius 3 is 2.80 bits per heavy atom. The molecule has 0 aromatic rings. The van der Waals surface area contributed by atoms with Crippen molar-refractivity contribution in [3.63, 3.8) is 0 Å². The van der Waals surface area contributed by atoms with Crippen molar-refractivity contribution >= 4 is 0 Å². The average Bonchev–Trinajstić information content (AvgIpc) is 1.97. The van der Waals surface area contributed by atoms with Gasteiger partial charge < -0.3 is 5.11 Å². The maximum absolute atomic E-state index is 8.38. The third kappa shape index (κ3) is 5.54. The van der Waals surface area contributed by atoms with Gasteiger partial charge in [0.2, 0.25) is 0 Å². The Hall–Kier alpha value is -0.600. The van der Waals surface area contributed by atoms with E-state index in [4.69, 9.17) is 5.11 Å². The minimum Gasteiger partial charge on any atom is -0.381 e. The van der Waals surface area contributed by atoms with Gasteiger partial charge in [0.25, 0.3) is 0 Å². The molecule has 0 aromatic carbocycles. The Kier molecular flexibility index (Phi) is 6.13. The number of hydrogen-bond donors (Lipinski definition) is 2. The molecule has 2 nitrogen and oxygen atoms in total. The normalized spacial score (nSPS) is 12.9. The van der Waals surface area contributed by atoms with E-state index in [0.29, 0.717) is 0 Å². The van der Waals surface area contributed by atoms with Crippen LogP contribution in [0.3, 0.4) is 0 Å². The van der Waals surface area contributed by atoms with Crippen LogP contribution in [0.1, 0.15) is 13.8 Å². The first kappa shape index (κ1) is 9.40. The predicted molar refractivity (Wildman–Crippen MR) is 43.7 cm³/mol. The fourth-order valence-electron chi connectivity index (χ4n) is 0.572. The van der Waals surface area contributed by atoms with Crippen molar-refractivity contribution in [1.29, 1.82) is 0 Å².